The Hall–Kier alpha value is -4.04. The van der Waals surface area contributed by atoms with Crippen molar-refractivity contribution < 1.29 is 42.5 Å². The van der Waals surface area contributed by atoms with Crippen LogP contribution in [0.3, 0.4) is 0 Å². The Balaban J connectivity index is 1.46. The first-order valence-electron chi connectivity index (χ1n) is 12.1. The summed E-state index contributed by atoms with van der Waals surface area (Å²) in [5.41, 5.74) is -0.248. The van der Waals surface area contributed by atoms with Crippen molar-refractivity contribution in [2.24, 2.45) is 5.92 Å². The van der Waals surface area contributed by atoms with Gasteiger partial charge in [0.15, 0.2) is 0 Å². The largest absolute Gasteiger partial charge is 0.479 e. The Kier molecular flexibility index (Phi) is 7.00. The number of carbonyl (C=O) groups is 3. The number of halogens is 3. The van der Waals surface area contributed by atoms with Crippen LogP contribution in [-0.2, 0) is 14.4 Å². The Morgan fingerprint density at radius 2 is 1.90 bits per heavy atom. The number of ether oxygens (including phenoxy) is 1. The predicted octanol–water partition coefficient (Wildman–Crippen LogP) is 2.78. The zero-order valence-corrected chi connectivity index (χ0v) is 21.5. The first kappa shape index (κ1) is 27.5. The van der Waals surface area contributed by atoms with Crippen molar-refractivity contribution in [3.63, 3.8) is 0 Å². The lowest BCUT2D eigenvalue weighted by molar-refractivity contribution is -0.211. The molecular weight excluding hydrogens is 553 g/mol. The number of rotatable bonds is 8. The maximum absolute atomic E-state index is 13.2. The molecule has 2 aromatic heterocycles. The number of likely N-dealkylation sites (tertiary alicyclic amines) is 1. The normalized spacial score (nSPS) is 24.9. The van der Waals surface area contributed by atoms with E-state index in [0.717, 1.165) is 0 Å². The highest BCUT2D eigenvalue weighted by atomic mass is 32.1. The summed E-state index contributed by atoms with van der Waals surface area (Å²) in [6, 6.07) is 9.01. The van der Waals surface area contributed by atoms with Crippen LogP contribution >= 0.6 is 11.3 Å². The van der Waals surface area contributed by atoms with E-state index in [-0.39, 0.29) is 18.7 Å². The fraction of sp³-hybridized carbons (Fsp3) is 0.346. The van der Waals surface area contributed by atoms with E-state index in [0.29, 0.717) is 26.5 Å². The van der Waals surface area contributed by atoms with Crippen LogP contribution in [0, 0.1) is 5.92 Å². The molecule has 5 atom stereocenters. The van der Waals surface area contributed by atoms with Gasteiger partial charge >= 0.3 is 12.1 Å². The number of aliphatic hydroxyl groups excluding tert-OH is 1. The maximum atomic E-state index is 13.2. The van der Waals surface area contributed by atoms with Gasteiger partial charge in [0.25, 0.3) is 5.91 Å². The van der Waals surface area contributed by atoms with Gasteiger partial charge in [-0.15, -0.1) is 17.9 Å². The lowest BCUT2D eigenvalue weighted by Crippen LogP contribution is -2.55. The summed E-state index contributed by atoms with van der Waals surface area (Å²) in [4.78, 5) is 48.2. The fourth-order valence-corrected chi connectivity index (χ4v) is 5.49. The molecule has 1 aliphatic carbocycles. The molecule has 0 spiro atoms. The van der Waals surface area contributed by atoms with Crippen LogP contribution in [0.15, 0.2) is 54.4 Å². The smallest absolute Gasteiger partial charge is 0.423 e. The number of benzene rings is 1. The van der Waals surface area contributed by atoms with Crippen LogP contribution in [0.25, 0.3) is 21.6 Å². The second-order valence-corrected chi connectivity index (χ2v) is 10.5. The highest BCUT2D eigenvalue weighted by Crippen LogP contribution is 2.45. The van der Waals surface area contributed by atoms with E-state index in [1.807, 2.05) is 5.38 Å². The second-order valence-electron chi connectivity index (χ2n) is 9.58. The minimum absolute atomic E-state index is 0.0419. The van der Waals surface area contributed by atoms with Gasteiger partial charge in [-0.1, -0.05) is 24.3 Å². The van der Waals surface area contributed by atoms with Crippen molar-refractivity contribution in [3.8, 4) is 16.5 Å². The number of hydrogen-bond donors (Lipinski definition) is 3. The van der Waals surface area contributed by atoms with E-state index in [1.54, 1.807) is 36.4 Å². The van der Waals surface area contributed by atoms with Crippen LogP contribution in [-0.4, -0.2) is 79.4 Å². The van der Waals surface area contributed by atoms with Gasteiger partial charge in [-0.25, -0.2) is 14.8 Å². The van der Waals surface area contributed by atoms with Gasteiger partial charge < -0.3 is 25.2 Å². The van der Waals surface area contributed by atoms with Gasteiger partial charge in [-0.3, -0.25) is 9.59 Å². The van der Waals surface area contributed by atoms with Gasteiger partial charge in [0.2, 0.25) is 17.9 Å². The highest BCUT2D eigenvalue weighted by Gasteiger charge is 2.61. The summed E-state index contributed by atoms with van der Waals surface area (Å²) in [6.07, 6.45) is -8.56. The van der Waals surface area contributed by atoms with Crippen molar-refractivity contribution in [3.05, 3.63) is 54.4 Å². The average Bonchev–Trinajstić information content (AvgIpc) is 3.22. The van der Waals surface area contributed by atoms with E-state index in [4.69, 9.17) is 4.74 Å². The number of thiophene rings is 1. The molecule has 5 rings (SSSR count). The number of nitrogens with one attached hydrogen (secondary N) is 1. The van der Waals surface area contributed by atoms with Crippen LogP contribution in [0.2, 0.25) is 0 Å². The van der Waals surface area contributed by atoms with E-state index in [2.05, 4.69) is 21.9 Å². The number of amides is 2. The molecule has 40 heavy (non-hydrogen) atoms. The number of para-hydroxylation sites is 2. The Morgan fingerprint density at radius 3 is 2.48 bits per heavy atom. The van der Waals surface area contributed by atoms with E-state index in [1.165, 1.54) is 17.4 Å². The summed E-state index contributed by atoms with van der Waals surface area (Å²) in [7, 11) is 0. The third kappa shape index (κ3) is 4.99. The van der Waals surface area contributed by atoms with Gasteiger partial charge in [0.1, 0.15) is 23.4 Å². The number of carboxylic acid groups (broad SMARTS) is 1. The van der Waals surface area contributed by atoms with Crippen molar-refractivity contribution in [1.29, 1.82) is 0 Å². The summed E-state index contributed by atoms with van der Waals surface area (Å²) in [5.74, 6) is -4.61. The number of nitrogens with zero attached hydrogens (tertiary/aromatic N) is 3. The number of alkyl halides is 3. The molecule has 3 N–H and O–H groups in total. The van der Waals surface area contributed by atoms with Crippen LogP contribution in [0.4, 0.5) is 13.2 Å². The van der Waals surface area contributed by atoms with Crippen molar-refractivity contribution in [2.75, 3.05) is 6.54 Å². The average molecular weight is 577 g/mol. The van der Waals surface area contributed by atoms with Crippen LogP contribution < -0.4 is 10.1 Å². The molecule has 10 nitrogen and oxygen atoms in total. The highest BCUT2D eigenvalue weighted by molar-refractivity contribution is 7.13. The molecule has 210 valence electrons. The quantitative estimate of drug-likeness (QED) is 0.348. The molecule has 1 aromatic carbocycles. The van der Waals surface area contributed by atoms with Crippen molar-refractivity contribution >= 4 is 40.2 Å². The Labute approximate surface area is 229 Å². The van der Waals surface area contributed by atoms with E-state index >= 15 is 0 Å². The predicted molar refractivity (Wildman–Crippen MR) is 136 cm³/mol. The number of aliphatic carboxylic acids is 1. The molecule has 14 heteroatoms. The number of hydrogen-bond acceptors (Lipinski definition) is 8. The molecule has 3 aromatic rings. The van der Waals surface area contributed by atoms with Gasteiger partial charge in [0, 0.05) is 12.3 Å². The van der Waals surface area contributed by atoms with Crippen LogP contribution in [0.5, 0.6) is 5.88 Å². The number of carbonyl (C=O) groups excluding carboxylic acids is 2. The number of aliphatic hydroxyl groups is 1. The summed E-state index contributed by atoms with van der Waals surface area (Å²) >= 11 is 1.36. The van der Waals surface area contributed by atoms with Gasteiger partial charge in [0.05, 0.1) is 22.5 Å². The molecule has 0 unspecified atom stereocenters. The topological polar surface area (TPSA) is 142 Å². The zero-order valence-electron chi connectivity index (χ0n) is 20.7. The summed E-state index contributed by atoms with van der Waals surface area (Å²) in [6.45, 7) is 3.05. The number of aromatic nitrogens is 2. The first-order valence-corrected chi connectivity index (χ1v) is 13.0. The third-order valence-electron chi connectivity index (χ3n) is 6.99. The molecule has 1 saturated heterocycles. The maximum Gasteiger partial charge on any atom is 0.423 e. The Morgan fingerprint density at radius 1 is 1.20 bits per heavy atom. The second kappa shape index (κ2) is 10.2. The van der Waals surface area contributed by atoms with Crippen molar-refractivity contribution in [1.82, 2.24) is 20.2 Å². The number of fused-ring (bicyclic) bond motifs is 1. The summed E-state index contributed by atoms with van der Waals surface area (Å²) in [5, 5.41) is 23.5. The van der Waals surface area contributed by atoms with Gasteiger partial charge in [-0.05, 0) is 30.0 Å². The fourth-order valence-electron chi connectivity index (χ4n) is 4.79. The molecule has 0 radical (unpaired) electrons. The summed E-state index contributed by atoms with van der Waals surface area (Å²) < 4.78 is 45.8. The van der Waals surface area contributed by atoms with E-state index in [9.17, 15) is 37.8 Å². The molecule has 2 fully saturated rings. The lowest BCUT2D eigenvalue weighted by Gasteiger charge is -2.27. The molecule has 1 aliphatic heterocycles. The molecule has 3 heterocycles. The van der Waals surface area contributed by atoms with E-state index < -0.39 is 60.2 Å². The zero-order chi connectivity index (χ0) is 28.8. The molecule has 2 amide bonds. The molecule has 2 aliphatic rings. The lowest BCUT2D eigenvalue weighted by atomic mass is 10.1. The van der Waals surface area contributed by atoms with Crippen molar-refractivity contribution in [2.45, 2.75) is 42.8 Å². The molecule has 1 saturated carbocycles. The molecule has 0 bridgehead atoms. The molecular formula is C26H23F3N4O6S. The minimum atomic E-state index is -5.28. The SMILES string of the molecule is C=C[C@@H]1C[C@]1(NC(=O)[C@@H]1C[C@@H](Oc2nc3ccccc3nc2-c2cccs2)CN1C(=O)[C@@H](O)C(F)(F)F)C(=O)O. The third-order valence-corrected chi connectivity index (χ3v) is 7.87. The monoisotopic (exact) mass is 576 g/mol. The first-order chi connectivity index (χ1) is 18.9. The van der Waals surface area contributed by atoms with Crippen LogP contribution in [0.1, 0.15) is 12.8 Å². The Bertz CT molecular complexity index is 1480. The van der Waals surface area contributed by atoms with Gasteiger partial charge in [-0.2, -0.15) is 13.2 Å². The standard InChI is InChI=1S/C26H23F3N4O6S/c1-2-13-11-25(13,24(37)38)32-21(35)17-10-14(12-33(17)23(36)20(34)26(27,28)29)39-22-19(18-8-5-9-40-18)30-15-6-3-4-7-16(15)31-22/h2-9,13-14,17,20,34H,1,10-12H2,(H,32,35)(H,37,38)/t13-,14-,17+,20-,25-/m1/s1. The number of carboxylic acids is 1. The minimum Gasteiger partial charge on any atom is -0.479 e.